The maximum absolute atomic E-state index is 11.8. The lowest BCUT2D eigenvalue weighted by atomic mass is 10.1. The number of hydrogen-bond acceptors (Lipinski definition) is 3. The van der Waals surface area contributed by atoms with Crippen LogP contribution in [0.2, 0.25) is 0 Å². The summed E-state index contributed by atoms with van der Waals surface area (Å²) in [7, 11) is 0. The molecule has 0 aliphatic carbocycles. The van der Waals surface area contributed by atoms with Crippen molar-refractivity contribution in [1.29, 1.82) is 0 Å². The molecule has 2 N–H and O–H groups in total. The predicted molar refractivity (Wildman–Crippen MR) is 96.2 cm³/mol. The summed E-state index contributed by atoms with van der Waals surface area (Å²) in [5, 5.41) is 6.58. The maximum atomic E-state index is 11.8. The van der Waals surface area contributed by atoms with E-state index >= 15 is 0 Å². The van der Waals surface area contributed by atoms with Gasteiger partial charge in [0, 0.05) is 44.7 Å². The number of rotatable bonds is 9. The Morgan fingerprint density at radius 2 is 2.00 bits per heavy atom. The monoisotopic (exact) mass is 313 g/mol. The molecule has 1 heterocycles. The van der Waals surface area contributed by atoms with E-state index in [9.17, 15) is 4.79 Å². The minimum Gasteiger partial charge on any atom is -0.354 e. The molecule has 0 aromatic rings. The van der Waals surface area contributed by atoms with Gasteiger partial charge in [0.1, 0.15) is 0 Å². The summed E-state index contributed by atoms with van der Waals surface area (Å²) in [6.07, 6.45) is 6.53. The summed E-state index contributed by atoms with van der Waals surface area (Å²) in [5.74, 6) is 0.212. The Bertz CT molecular complexity index is 271. The molecular weight excluding hydrogens is 274 g/mol. The van der Waals surface area contributed by atoms with Crippen LogP contribution in [0.1, 0.15) is 73.1 Å². The van der Waals surface area contributed by atoms with E-state index in [1.54, 1.807) is 0 Å². The molecule has 0 bridgehead atoms. The molecule has 1 aliphatic rings. The zero-order valence-electron chi connectivity index (χ0n) is 15.6. The van der Waals surface area contributed by atoms with Crippen LogP contribution >= 0.6 is 0 Å². The fraction of sp³-hybridized carbons (Fsp3) is 0.944. The Morgan fingerprint density at radius 3 is 2.64 bits per heavy atom. The van der Waals surface area contributed by atoms with Gasteiger partial charge in [-0.3, -0.25) is 9.69 Å². The van der Waals surface area contributed by atoms with E-state index < -0.39 is 0 Å². The second-order valence-corrected chi connectivity index (χ2v) is 6.02. The van der Waals surface area contributed by atoms with Crippen LogP contribution in [0.25, 0.3) is 0 Å². The Kier molecular flexibility index (Phi) is 13.6. The number of carbonyl (C=O) groups is 1. The number of unbranched alkanes of at least 4 members (excludes halogenated alkanes) is 3. The topological polar surface area (TPSA) is 44.4 Å². The van der Waals surface area contributed by atoms with Gasteiger partial charge in [0.15, 0.2) is 0 Å². The molecule has 0 saturated carbocycles. The highest BCUT2D eigenvalue weighted by molar-refractivity contribution is 5.75. The predicted octanol–water partition coefficient (Wildman–Crippen LogP) is 3.17. The molecule has 0 aromatic carbocycles. The van der Waals surface area contributed by atoms with Crippen molar-refractivity contribution in [2.75, 3.05) is 26.2 Å². The molecule has 2 atom stereocenters. The first-order valence-corrected chi connectivity index (χ1v) is 9.41. The van der Waals surface area contributed by atoms with Gasteiger partial charge in [0.2, 0.25) is 5.91 Å². The molecule has 4 heteroatoms. The second kappa shape index (κ2) is 14.0. The summed E-state index contributed by atoms with van der Waals surface area (Å²) in [6, 6.07) is 1.04. The van der Waals surface area contributed by atoms with E-state index in [0.717, 1.165) is 32.6 Å². The van der Waals surface area contributed by atoms with Crippen molar-refractivity contribution in [2.45, 2.75) is 85.2 Å². The van der Waals surface area contributed by atoms with E-state index in [0.29, 0.717) is 18.5 Å². The summed E-state index contributed by atoms with van der Waals surface area (Å²) in [6.45, 7) is 14.7. The van der Waals surface area contributed by atoms with E-state index in [-0.39, 0.29) is 5.91 Å². The van der Waals surface area contributed by atoms with E-state index in [1.807, 2.05) is 13.8 Å². The quantitative estimate of drug-likeness (QED) is 0.643. The lowest BCUT2D eigenvalue weighted by Gasteiger charge is -2.37. The highest BCUT2D eigenvalue weighted by Gasteiger charge is 2.22. The van der Waals surface area contributed by atoms with Crippen LogP contribution in [-0.4, -0.2) is 49.1 Å². The van der Waals surface area contributed by atoms with Gasteiger partial charge in [-0.15, -0.1) is 0 Å². The molecule has 4 nitrogen and oxygen atoms in total. The minimum absolute atomic E-state index is 0.212. The maximum Gasteiger partial charge on any atom is 0.220 e. The third-order valence-corrected chi connectivity index (χ3v) is 4.30. The Balaban J connectivity index is 0.00000211. The molecule has 1 amide bonds. The van der Waals surface area contributed by atoms with E-state index in [4.69, 9.17) is 0 Å². The van der Waals surface area contributed by atoms with Gasteiger partial charge >= 0.3 is 0 Å². The number of carbonyl (C=O) groups excluding carboxylic acids is 1. The van der Waals surface area contributed by atoms with Crippen LogP contribution in [0.15, 0.2) is 0 Å². The fourth-order valence-electron chi connectivity index (χ4n) is 2.68. The first kappa shape index (κ1) is 21.4. The van der Waals surface area contributed by atoms with Gasteiger partial charge in [0.25, 0.3) is 0 Å². The Labute approximate surface area is 138 Å². The molecule has 2 unspecified atom stereocenters. The van der Waals surface area contributed by atoms with Crippen LogP contribution in [0, 0.1) is 0 Å². The average molecular weight is 314 g/mol. The molecule has 22 heavy (non-hydrogen) atoms. The highest BCUT2D eigenvalue weighted by atomic mass is 16.1. The Morgan fingerprint density at radius 1 is 1.27 bits per heavy atom. The van der Waals surface area contributed by atoms with Crippen molar-refractivity contribution in [3.05, 3.63) is 0 Å². The van der Waals surface area contributed by atoms with Gasteiger partial charge in [-0.25, -0.2) is 0 Å². The van der Waals surface area contributed by atoms with Crippen LogP contribution in [0.4, 0.5) is 0 Å². The molecular formula is C18H39N3O. The van der Waals surface area contributed by atoms with E-state index in [1.165, 1.54) is 25.7 Å². The van der Waals surface area contributed by atoms with Crippen LogP contribution < -0.4 is 10.6 Å². The van der Waals surface area contributed by atoms with Crippen LogP contribution in [0.3, 0.4) is 0 Å². The van der Waals surface area contributed by atoms with Crippen molar-refractivity contribution in [3.63, 3.8) is 0 Å². The summed E-state index contributed by atoms with van der Waals surface area (Å²) in [5.41, 5.74) is 0. The number of hydrogen-bond donors (Lipinski definition) is 2. The smallest absolute Gasteiger partial charge is 0.220 e. The molecule has 132 valence electrons. The van der Waals surface area contributed by atoms with Gasteiger partial charge in [-0.05, 0) is 19.8 Å². The highest BCUT2D eigenvalue weighted by Crippen LogP contribution is 2.07. The number of piperazine rings is 1. The third-order valence-electron chi connectivity index (χ3n) is 4.30. The van der Waals surface area contributed by atoms with Crippen molar-refractivity contribution in [2.24, 2.45) is 0 Å². The second-order valence-electron chi connectivity index (χ2n) is 6.02. The van der Waals surface area contributed by atoms with Crippen molar-refractivity contribution >= 4 is 5.91 Å². The molecule has 1 saturated heterocycles. The molecule has 1 fully saturated rings. The summed E-state index contributed by atoms with van der Waals surface area (Å²) >= 11 is 0. The lowest BCUT2D eigenvalue weighted by Crippen LogP contribution is -2.56. The first-order valence-electron chi connectivity index (χ1n) is 9.41. The van der Waals surface area contributed by atoms with Crippen molar-refractivity contribution in [1.82, 2.24) is 15.5 Å². The number of nitrogens with one attached hydrogen (secondary N) is 2. The molecule has 0 aromatic heterocycles. The van der Waals surface area contributed by atoms with E-state index in [2.05, 4.69) is 36.3 Å². The zero-order valence-corrected chi connectivity index (χ0v) is 15.6. The average Bonchev–Trinajstić information content (AvgIpc) is 2.58. The summed E-state index contributed by atoms with van der Waals surface area (Å²) < 4.78 is 0. The molecule has 0 radical (unpaired) electrons. The van der Waals surface area contributed by atoms with Gasteiger partial charge < -0.3 is 10.6 Å². The van der Waals surface area contributed by atoms with Crippen molar-refractivity contribution in [3.8, 4) is 0 Å². The van der Waals surface area contributed by atoms with Gasteiger partial charge in [-0.1, -0.05) is 47.0 Å². The Hall–Kier alpha value is -0.610. The standard InChI is InChI=1S/C16H33N3O.C2H6/c1-4-6-7-8-9-16(20)18-12-15-13-19(11-10-17-15)14(3)5-2;1-2/h14-15,17H,4-13H2,1-3H3,(H,18,20);1-2H3. The van der Waals surface area contributed by atoms with Crippen LogP contribution in [-0.2, 0) is 4.79 Å². The first-order chi connectivity index (χ1) is 10.7. The minimum atomic E-state index is 0.212. The number of amides is 1. The molecule has 0 spiro atoms. The van der Waals surface area contributed by atoms with Crippen molar-refractivity contribution < 1.29 is 4.79 Å². The SMILES string of the molecule is CC.CCCCCCC(=O)NCC1CN(C(C)CC)CCN1. The third kappa shape index (κ3) is 9.42. The molecule has 1 aliphatic heterocycles. The summed E-state index contributed by atoms with van der Waals surface area (Å²) in [4.78, 5) is 14.3. The zero-order chi connectivity index (χ0) is 16.8. The lowest BCUT2D eigenvalue weighted by molar-refractivity contribution is -0.121. The molecule has 1 rings (SSSR count). The van der Waals surface area contributed by atoms with Gasteiger partial charge in [-0.2, -0.15) is 0 Å². The fourth-order valence-corrected chi connectivity index (χ4v) is 2.68. The largest absolute Gasteiger partial charge is 0.354 e. The normalized spacial score (nSPS) is 20.0. The number of nitrogens with zero attached hydrogens (tertiary/aromatic N) is 1. The van der Waals surface area contributed by atoms with Crippen LogP contribution in [0.5, 0.6) is 0 Å². The van der Waals surface area contributed by atoms with Gasteiger partial charge in [0.05, 0.1) is 0 Å².